The number of nitrogens with one attached hydrogen (secondary N) is 1. The summed E-state index contributed by atoms with van der Waals surface area (Å²) >= 11 is 0. The molecular weight excluding hydrogens is 240 g/mol. The Morgan fingerprint density at radius 2 is 1.94 bits per heavy atom. The van der Waals surface area contributed by atoms with Crippen LogP contribution in [-0.2, 0) is 16.0 Å². The summed E-state index contributed by atoms with van der Waals surface area (Å²) in [6, 6.07) is 1.37. The molecule has 0 fully saturated rings. The van der Waals surface area contributed by atoms with Crippen molar-refractivity contribution >= 4 is 11.7 Å². The van der Waals surface area contributed by atoms with Gasteiger partial charge in [-0.25, -0.2) is 13.6 Å². The number of fused-ring (bicyclic) bond motifs is 1. The highest BCUT2D eigenvalue weighted by Gasteiger charge is 2.33. The number of carbonyl (C=O) groups excluding carboxylic acids is 1. The molecule has 18 heavy (non-hydrogen) atoms. The van der Waals surface area contributed by atoms with E-state index in [9.17, 15) is 13.6 Å². The van der Waals surface area contributed by atoms with Gasteiger partial charge in [0.15, 0.2) is 0 Å². The summed E-state index contributed by atoms with van der Waals surface area (Å²) in [5.74, 6) is -1.57. The zero-order valence-electron chi connectivity index (χ0n) is 10.5. The number of halogens is 2. The van der Waals surface area contributed by atoms with Crippen LogP contribution >= 0.6 is 0 Å². The number of hydrogen-bond acceptors (Lipinski definition) is 3. The van der Waals surface area contributed by atoms with Crippen LogP contribution < -0.4 is 5.32 Å². The summed E-state index contributed by atoms with van der Waals surface area (Å²) in [4.78, 5) is 11.8. The highest BCUT2D eigenvalue weighted by Crippen LogP contribution is 2.31. The zero-order valence-corrected chi connectivity index (χ0v) is 10.5. The van der Waals surface area contributed by atoms with Crippen LogP contribution in [0.15, 0.2) is 12.1 Å². The molecule has 0 saturated carbocycles. The molecule has 0 saturated heterocycles. The number of rotatable bonds is 1. The van der Waals surface area contributed by atoms with Crippen molar-refractivity contribution in [2.24, 2.45) is 0 Å². The molecule has 0 aromatic heterocycles. The number of anilines is 1. The molecule has 3 nitrogen and oxygen atoms in total. The first-order chi connectivity index (χ1) is 8.28. The standard InChI is InChI=1S/C13H15F2NO2/c1-13(2,3)18-12(17)10-6-7-8(14)4-5-9(15)11(7)16-10/h4-5,10,16H,6H2,1-3H3/t10-/m1/s1. The Morgan fingerprint density at radius 1 is 1.33 bits per heavy atom. The van der Waals surface area contributed by atoms with Crippen molar-refractivity contribution in [1.29, 1.82) is 0 Å². The molecule has 0 spiro atoms. The molecule has 98 valence electrons. The monoisotopic (exact) mass is 255 g/mol. The first-order valence-electron chi connectivity index (χ1n) is 5.74. The van der Waals surface area contributed by atoms with Gasteiger partial charge in [-0.3, -0.25) is 0 Å². The summed E-state index contributed by atoms with van der Waals surface area (Å²) in [5, 5.41) is 2.68. The van der Waals surface area contributed by atoms with Gasteiger partial charge in [-0.15, -0.1) is 0 Å². The lowest BCUT2D eigenvalue weighted by molar-refractivity contribution is -0.155. The SMILES string of the molecule is CC(C)(C)OC(=O)[C@H]1Cc2c(F)ccc(F)c2N1. The van der Waals surface area contributed by atoms with Crippen LogP contribution in [0.1, 0.15) is 26.3 Å². The second kappa shape index (κ2) is 4.23. The maximum Gasteiger partial charge on any atom is 0.329 e. The van der Waals surface area contributed by atoms with Crippen molar-refractivity contribution in [2.45, 2.75) is 38.8 Å². The molecule has 1 atom stereocenters. The van der Waals surface area contributed by atoms with Crippen molar-refractivity contribution in [3.8, 4) is 0 Å². The molecule has 0 aliphatic carbocycles. The molecule has 0 amide bonds. The van der Waals surface area contributed by atoms with Crippen LogP contribution in [0.2, 0.25) is 0 Å². The third-order valence-electron chi connectivity index (χ3n) is 2.62. The van der Waals surface area contributed by atoms with Gasteiger partial charge in [-0.05, 0) is 32.9 Å². The summed E-state index contributed by atoms with van der Waals surface area (Å²) in [5.41, 5.74) is -0.360. The molecule has 0 radical (unpaired) electrons. The van der Waals surface area contributed by atoms with Gasteiger partial charge in [0, 0.05) is 12.0 Å². The van der Waals surface area contributed by atoms with E-state index in [1.807, 2.05) is 0 Å². The lowest BCUT2D eigenvalue weighted by atomic mass is 10.1. The number of carbonyl (C=O) groups is 1. The van der Waals surface area contributed by atoms with Crippen molar-refractivity contribution in [3.63, 3.8) is 0 Å². The topological polar surface area (TPSA) is 38.3 Å². The van der Waals surface area contributed by atoms with Crippen molar-refractivity contribution in [2.75, 3.05) is 5.32 Å². The Balaban J connectivity index is 2.18. The van der Waals surface area contributed by atoms with Gasteiger partial charge < -0.3 is 10.1 Å². The van der Waals surface area contributed by atoms with Gasteiger partial charge in [0.1, 0.15) is 23.3 Å². The van der Waals surface area contributed by atoms with Crippen LogP contribution in [0, 0.1) is 11.6 Å². The van der Waals surface area contributed by atoms with E-state index in [-0.39, 0.29) is 17.7 Å². The van der Waals surface area contributed by atoms with E-state index in [0.29, 0.717) is 0 Å². The minimum absolute atomic E-state index is 0.0610. The van der Waals surface area contributed by atoms with Crippen LogP contribution in [0.4, 0.5) is 14.5 Å². The van der Waals surface area contributed by atoms with Gasteiger partial charge in [0.25, 0.3) is 0 Å². The number of esters is 1. The van der Waals surface area contributed by atoms with Crippen LogP contribution in [0.3, 0.4) is 0 Å². The maximum absolute atomic E-state index is 13.5. The fourth-order valence-corrected chi connectivity index (χ4v) is 1.89. The Labute approximate surface area is 104 Å². The van der Waals surface area contributed by atoms with Crippen molar-refractivity contribution in [1.82, 2.24) is 0 Å². The van der Waals surface area contributed by atoms with E-state index in [1.165, 1.54) is 0 Å². The van der Waals surface area contributed by atoms with Crippen LogP contribution in [0.25, 0.3) is 0 Å². The lowest BCUT2D eigenvalue weighted by Crippen LogP contribution is -2.35. The van der Waals surface area contributed by atoms with E-state index < -0.39 is 29.2 Å². The number of ether oxygens (including phenoxy) is 1. The predicted octanol–water partition coefficient (Wildman–Crippen LogP) is 2.64. The molecule has 2 rings (SSSR count). The molecule has 1 aromatic carbocycles. The molecule has 1 heterocycles. The first kappa shape index (κ1) is 12.8. The molecule has 0 bridgehead atoms. The largest absolute Gasteiger partial charge is 0.458 e. The van der Waals surface area contributed by atoms with Crippen LogP contribution in [0.5, 0.6) is 0 Å². The van der Waals surface area contributed by atoms with Gasteiger partial charge in [-0.1, -0.05) is 0 Å². The molecule has 1 aliphatic rings. The normalized spacial score (nSPS) is 18.2. The summed E-state index contributed by atoms with van der Waals surface area (Å²) in [6.45, 7) is 5.23. The minimum Gasteiger partial charge on any atom is -0.458 e. The lowest BCUT2D eigenvalue weighted by Gasteiger charge is -2.22. The second-order valence-electron chi connectivity index (χ2n) is 5.32. The van der Waals surface area contributed by atoms with E-state index in [4.69, 9.17) is 4.74 Å². The highest BCUT2D eigenvalue weighted by atomic mass is 19.1. The second-order valence-corrected chi connectivity index (χ2v) is 5.32. The molecule has 1 aliphatic heterocycles. The van der Waals surface area contributed by atoms with E-state index in [2.05, 4.69) is 5.32 Å². The quantitative estimate of drug-likeness (QED) is 0.784. The molecular formula is C13H15F2NO2. The zero-order chi connectivity index (χ0) is 13.5. The predicted molar refractivity (Wildman–Crippen MR) is 63.3 cm³/mol. The van der Waals surface area contributed by atoms with E-state index in [1.54, 1.807) is 20.8 Å². The Kier molecular flexibility index (Phi) is 3.00. The highest BCUT2D eigenvalue weighted by molar-refractivity contribution is 5.83. The Hall–Kier alpha value is -1.65. The van der Waals surface area contributed by atoms with Gasteiger partial charge in [0.2, 0.25) is 0 Å². The van der Waals surface area contributed by atoms with Gasteiger partial charge >= 0.3 is 5.97 Å². The minimum atomic E-state index is -0.731. The molecule has 1 aromatic rings. The van der Waals surface area contributed by atoms with E-state index >= 15 is 0 Å². The molecule has 5 heteroatoms. The molecule has 0 unspecified atom stereocenters. The van der Waals surface area contributed by atoms with Gasteiger partial charge in [-0.2, -0.15) is 0 Å². The number of benzene rings is 1. The summed E-state index contributed by atoms with van der Waals surface area (Å²) < 4.78 is 32.1. The Bertz CT molecular complexity index is 463. The smallest absolute Gasteiger partial charge is 0.329 e. The fourth-order valence-electron chi connectivity index (χ4n) is 1.89. The fraction of sp³-hybridized carbons (Fsp3) is 0.462. The summed E-state index contributed by atoms with van der Waals surface area (Å²) in [6.07, 6.45) is 0.105. The molecule has 1 N–H and O–H groups in total. The third-order valence-corrected chi connectivity index (χ3v) is 2.62. The average Bonchev–Trinajstić information content (AvgIpc) is 2.67. The van der Waals surface area contributed by atoms with Crippen molar-refractivity contribution < 1.29 is 18.3 Å². The van der Waals surface area contributed by atoms with E-state index in [0.717, 1.165) is 12.1 Å². The van der Waals surface area contributed by atoms with Crippen LogP contribution in [-0.4, -0.2) is 17.6 Å². The van der Waals surface area contributed by atoms with Crippen molar-refractivity contribution in [3.05, 3.63) is 29.3 Å². The maximum atomic E-state index is 13.5. The Morgan fingerprint density at radius 3 is 2.50 bits per heavy atom. The van der Waals surface area contributed by atoms with Gasteiger partial charge in [0.05, 0.1) is 5.69 Å². The third kappa shape index (κ3) is 2.44. The average molecular weight is 255 g/mol. The number of hydrogen-bond donors (Lipinski definition) is 1. The first-order valence-corrected chi connectivity index (χ1v) is 5.74. The summed E-state index contributed by atoms with van der Waals surface area (Å²) in [7, 11) is 0.